The molecule has 1 aromatic carbocycles. The van der Waals surface area contributed by atoms with Gasteiger partial charge in [0.15, 0.2) is 0 Å². The Morgan fingerprint density at radius 1 is 1.02 bits per heavy atom. The molecule has 3 aliphatic heterocycles. The number of amides is 5. The monoisotopic (exact) mass is 783 g/mol. The summed E-state index contributed by atoms with van der Waals surface area (Å²) in [7, 11) is -9.31. The van der Waals surface area contributed by atoms with Gasteiger partial charge in [-0.25, -0.2) is 30.8 Å². The van der Waals surface area contributed by atoms with Gasteiger partial charge in [0.05, 0.1) is 19.1 Å². The van der Waals surface area contributed by atoms with Crippen molar-refractivity contribution in [1.82, 2.24) is 24.1 Å². The fourth-order valence-corrected chi connectivity index (χ4v) is 9.91. The third-order valence-corrected chi connectivity index (χ3v) is 12.7. The van der Waals surface area contributed by atoms with Gasteiger partial charge in [-0.15, -0.1) is 3.71 Å². The number of benzene rings is 1. The Hall–Kier alpha value is -4.26. The van der Waals surface area contributed by atoms with Gasteiger partial charge < -0.3 is 25.0 Å². The van der Waals surface area contributed by atoms with Crippen molar-refractivity contribution in [1.29, 1.82) is 0 Å². The number of allylic oxidation sites excluding steroid dienone is 1. The minimum absolute atomic E-state index is 0.0732. The zero-order chi connectivity index (χ0) is 39.1. The normalized spacial score (nSPS) is 27.2. The number of nitrogens with zero attached hydrogens (tertiary/aromatic N) is 3. The Bertz CT molecular complexity index is 1880. The average Bonchev–Trinajstić information content (AvgIpc) is 3.32. The molecule has 5 amide bonds. The summed E-state index contributed by atoms with van der Waals surface area (Å²) in [5.74, 6) is -4.20. The molecule has 53 heavy (non-hydrogen) atoms. The number of alkyl carbamates (subject to hydrolysis) is 1. The van der Waals surface area contributed by atoms with Crippen molar-refractivity contribution < 1.29 is 54.7 Å². The van der Waals surface area contributed by atoms with E-state index in [9.17, 15) is 45.2 Å². The van der Waals surface area contributed by atoms with E-state index in [0.29, 0.717) is 43.8 Å². The second kappa shape index (κ2) is 14.9. The van der Waals surface area contributed by atoms with Crippen LogP contribution in [0.4, 0.5) is 14.0 Å². The lowest BCUT2D eigenvalue weighted by molar-refractivity contribution is -0.141. The van der Waals surface area contributed by atoms with Crippen molar-refractivity contribution in [3.05, 3.63) is 47.3 Å². The molecule has 2 N–H and O–H groups in total. The predicted octanol–water partition coefficient (Wildman–Crippen LogP) is 2.28. The van der Waals surface area contributed by atoms with E-state index in [1.165, 1.54) is 17.0 Å². The van der Waals surface area contributed by atoms with E-state index in [0.717, 1.165) is 10.5 Å². The molecule has 0 radical (unpaired) electrons. The van der Waals surface area contributed by atoms with Gasteiger partial charge in [0.25, 0.3) is 5.91 Å². The highest BCUT2D eigenvalue weighted by molar-refractivity contribution is 8.04. The van der Waals surface area contributed by atoms with Crippen molar-refractivity contribution in [2.24, 2.45) is 5.92 Å². The second-order valence-corrected chi connectivity index (χ2v) is 19.0. The van der Waals surface area contributed by atoms with E-state index in [1.807, 2.05) is 0 Å². The van der Waals surface area contributed by atoms with Crippen molar-refractivity contribution in [2.45, 2.75) is 108 Å². The lowest BCUT2D eigenvalue weighted by atomic mass is 10.0. The highest BCUT2D eigenvalue weighted by atomic mass is 32.3. The Balaban J connectivity index is 1.46. The summed E-state index contributed by atoms with van der Waals surface area (Å²) in [5, 5.41) is 5.20. The predicted molar refractivity (Wildman–Crippen MR) is 187 cm³/mol. The average molecular weight is 784 g/mol. The SMILES string of the molecule is CC(C)(C)OC(=O)N[C@H]1CCCCC/C=C/[C@@H]2C[C@@]2(C(=O)N(S(C)(=O)=O)S(C)(=O)=O)NC(=O)[C@@H]2C[C@@H](OC(=O)N3Cc4ccc(F)cc4C3)CN2C1=O. The molecular formula is C34H46FN5O11S2. The number of hydrogen-bond acceptors (Lipinski definition) is 11. The first kappa shape index (κ1) is 39.9. The summed E-state index contributed by atoms with van der Waals surface area (Å²) in [5.41, 5.74) is -1.53. The molecule has 0 bridgehead atoms. The number of rotatable bonds is 5. The molecule has 5 atom stereocenters. The van der Waals surface area contributed by atoms with Gasteiger partial charge in [0.2, 0.25) is 31.9 Å². The first-order valence-corrected chi connectivity index (χ1v) is 21.0. The molecule has 1 saturated carbocycles. The number of ether oxygens (including phenoxy) is 2. The molecule has 1 saturated heterocycles. The summed E-state index contributed by atoms with van der Waals surface area (Å²) in [6, 6.07) is 1.62. The second-order valence-electron chi connectivity index (χ2n) is 15.1. The molecule has 0 unspecified atom stereocenters. The fraction of sp³-hybridized carbons (Fsp3) is 0.618. The van der Waals surface area contributed by atoms with Crippen LogP contribution in [-0.4, -0.2) is 109 Å². The van der Waals surface area contributed by atoms with Crippen LogP contribution in [0.2, 0.25) is 0 Å². The Morgan fingerprint density at radius 2 is 1.70 bits per heavy atom. The first-order valence-electron chi connectivity index (χ1n) is 17.4. The molecule has 3 heterocycles. The van der Waals surface area contributed by atoms with Crippen LogP contribution in [-0.2, 0) is 57.0 Å². The van der Waals surface area contributed by atoms with Gasteiger partial charge in [-0.05, 0) is 69.7 Å². The summed E-state index contributed by atoms with van der Waals surface area (Å²) in [4.78, 5) is 71.1. The highest BCUT2D eigenvalue weighted by Gasteiger charge is 2.64. The van der Waals surface area contributed by atoms with E-state index in [-0.39, 0.29) is 42.6 Å². The molecule has 5 rings (SSSR count). The molecule has 1 aliphatic carbocycles. The molecule has 16 nitrogen and oxygen atoms in total. The lowest BCUT2D eigenvalue weighted by Crippen LogP contribution is -2.59. The van der Waals surface area contributed by atoms with Gasteiger partial charge in [0.1, 0.15) is 35.1 Å². The number of hydrogen-bond donors (Lipinski definition) is 2. The molecule has 1 aromatic rings. The maximum atomic E-state index is 14.3. The van der Waals surface area contributed by atoms with Crippen LogP contribution in [0.5, 0.6) is 0 Å². The topological polar surface area (TPSA) is 206 Å². The summed E-state index contributed by atoms with van der Waals surface area (Å²) < 4.78 is 75.2. The lowest BCUT2D eigenvalue weighted by Gasteiger charge is -2.31. The maximum absolute atomic E-state index is 14.3. The van der Waals surface area contributed by atoms with Gasteiger partial charge in [-0.2, -0.15) is 0 Å². The highest BCUT2D eigenvalue weighted by Crippen LogP contribution is 2.47. The zero-order valence-corrected chi connectivity index (χ0v) is 31.9. The van der Waals surface area contributed by atoms with Gasteiger partial charge in [-0.1, -0.05) is 31.1 Å². The van der Waals surface area contributed by atoms with Crippen molar-refractivity contribution in [3.8, 4) is 0 Å². The van der Waals surface area contributed by atoms with Gasteiger partial charge in [0, 0.05) is 25.4 Å². The van der Waals surface area contributed by atoms with Crippen LogP contribution in [0, 0.1) is 11.7 Å². The number of halogens is 1. The van der Waals surface area contributed by atoms with Crippen LogP contribution < -0.4 is 10.6 Å². The number of carbonyl (C=O) groups is 5. The van der Waals surface area contributed by atoms with E-state index in [4.69, 9.17) is 9.47 Å². The first-order chi connectivity index (χ1) is 24.6. The molecule has 4 aliphatic rings. The van der Waals surface area contributed by atoms with E-state index in [2.05, 4.69) is 10.6 Å². The minimum Gasteiger partial charge on any atom is -0.444 e. The molecule has 0 aromatic heterocycles. The van der Waals surface area contributed by atoms with Crippen molar-refractivity contribution >= 4 is 50.0 Å². The van der Waals surface area contributed by atoms with Gasteiger partial charge >= 0.3 is 12.2 Å². The maximum Gasteiger partial charge on any atom is 0.410 e. The fourth-order valence-electron chi connectivity index (χ4n) is 7.02. The smallest absolute Gasteiger partial charge is 0.410 e. The number of sulfonamides is 2. The van der Waals surface area contributed by atoms with E-state index in [1.54, 1.807) is 39.0 Å². The molecule has 19 heteroatoms. The summed E-state index contributed by atoms with van der Waals surface area (Å²) in [6.07, 6.45) is 3.99. The quantitative estimate of drug-likeness (QED) is 0.415. The zero-order valence-electron chi connectivity index (χ0n) is 30.3. The van der Waals surface area contributed by atoms with Crippen LogP contribution in [0.15, 0.2) is 30.4 Å². The van der Waals surface area contributed by atoms with Crippen LogP contribution in [0.25, 0.3) is 0 Å². The number of nitrogens with one attached hydrogen (secondary N) is 2. The van der Waals surface area contributed by atoms with Crippen molar-refractivity contribution in [3.63, 3.8) is 0 Å². The molecule has 2 fully saturated rings. The summed E-state index contributed by atoms with van der Waals surface area (Å²) in [6.45, 7) is 4.91. The van der Waals surface area contributed by atoms with Crippen molar-refractivity contribution in [2.75, 3.05) is 19.1 Å². The molecule has 292 valence electrons. The van der Waals surface area contributed by atoms with E-state index < -0.39 is 91.0 Å². The standard InChI is InChI=1S/C34H46FN5O11S2/c1-33(2,3)51-31(44)36-26-12-10-8-6-7-9-11-23-17-34(23,30(43)40(52(4,46)47)53(5,48)49)37-28(41)27-16-25(20-39(27)29(26)42)50-32(45)38-18-21-13-14-24(35)15-22(21)19-38/h9,11,13-15,23,25-27H,6-8,10,12,16-20H2,1-5H3,(H,36,44)(H,37,41)/b11-9+/t23-,25-,26+,27+,34-/m1/s1. The number of carbonyl (C=O) groups excluding carboxylic acids is 5. The van der Waals surface area contributed by atoms with Crippen LogP contribution >= 0.6 is 0 Å². The van der Waals surface area contributed by atoms with Crippen LogP contribution in [0.1, 0.15) is 76.8 Å². The Morgan fingerprint density at radius 3 is 2.36 bits per heavy atom. The van der Waals surface area contributed by atoms with Gasteiger partial charge in [-0.3, -0.25) is 19.3 Å². The Labute approximate surface area is 308 Å². The molecular weight excluding hydrogens is 738 g/mol. The minimum atomic E-state index is -4.66. The van der Waals surface area contributed by atoms with E-state index >= 15 is 0 Å². The number of fused-ring (bicyclic) bond motifs is 3. The van der Waals surface area contributed by atoms with Crippen LogP contribution in [0.3, 0.4) is 0 Å². The summed E-state index contributed by atoms with van der Waals surface area (Å²) >= 11 is 0. The third-order valence-electron chi connectivity index (χ3n) is 9.50. The Kier molecular flexibility index (Phi) is 11.2. The molecule has 0 spiro atoms. The largest absolute Gasteiger partial charge is 0.444 e. The third kappa shape index (κ3) is 9.28.